The van der Waals surface area contributed by atoms with Crippen LogP contribution in [0.15, 0.2) is 10.7 Å². The van der Waals surface area contributed by atoms with Crippen LogP contribution in [0.25, 0.3) is 0 Å². The van der Waals surface area contributed by atoms with Gasteiger partial charge in [0.1, 0.15) is 12.4 Å². The van der Waals surface area contributed by atoms with E-state index in [1.165, 1.54) is 6.26 Å². The Morgan fingerprint density at radius 3 is 3.00 bits per heavy atom. The molecule has 1 aliphatic heterocycles. The van der Waals surface area contributed by atoms with Crippen LogP contribution in [0, 0.1) is 5.92 Å². The molecule has 1 fully saturated rings. The Hall–Kier alpha value is 0.170. The molecule has 0 bridgehead atoms. The number of ether oxygens (including phenoxy) is 1. The Morgan fingerprint density at radius 2 is 2.23 bits per heavy atom. The smallest absolute Gasteiger partial charge is 0.179 e. The molecule has 2 rings (SSSR count). The highest BCUT2D eigenvalue weighted by molar-refractivity contribution is 9.12. The van der Waals surface area contributed by atoms with Gasteiger partial charge in [0, 0.05) is 4.83 Å². The lowest BCUT2D eigenvalue weighted by Gasteiger charge is -2.34. The van der Waals surface area contributed by atoms with Crippen molar-refractivity contribution < 1.29 is 9.53 Å². The average molecular weight is 310 g/mol. The molecule has 0 aromatic rings. The van der Waals surface area contributed by atoms with Crippen LogP contribution in [-0.4, -0.2) is 16.7 Å². The van der Waals surface area contributed by atoms with Crippen LogP contribution in [0.2, 0.25) is 0 Å². The standard InChI is InChI=1S/C9H10Br2O2/c10-5-1-2-8-6(3-5)9(12)7(11)4-13-8/h4-6,8H,1-3H2. The van der Waals surface area contributed by atoms with Gasteiger partial charge in [-0.25, -0.2) is 0 Å². The zero-order valence-electron chi connectivity index (χ0n) is 7.00. The Kier molecular flexibility index (Phi) is 2.79. The van der Waals surface area contributed by atoms with Crippen molar-refractivity contribution in [3.05, 3.63) is 10.7 Å². The number of carbonyl (C=O) groups excluding carboxylic acids is 1. The molecule has 4 heteroatoms. The van der Waals surface area contributed by atoms with E-state index in [9.17, 15) is 4.79 Å². The summed E-state index contributed by atoms with van der Waals surface area (Å²) in [4.78, 5) is 12.2. The highest BCUT2D eigenvalue weighted by atomic mass is 79.9. The highest BCUT2D eigenvalue weighted by Crippen LogP contribution is 2.36. The molecule has 0 radical (unpaired) electrons. The number of carbonyl (C=O) groups is 1. The van der Waals surface area contributed by atoms with Crippen molar-refractivity contribution in [3.63, 3.8) is 0 Å². The van der Waals surface area contributed by atoms with Gasteiger partial charge < -0.3 is 4.74 Å². The molecule has 3 unspecified atom stereocenters. The van der Waals surface area contributed by atoms with E-state index < -0.39 is 0 Å². The lowest BCUT2D eigenvalue weighted by atomic mass is 9.82. The van der Waals surface area contributed by atoms with Crippen LogP contribution < -0.4 is 0 Å². The molecule has 72 valence electrons. The topological polar surface area (TPSA) is 26.3 Å². The van der Waals surface area contributed by atoms with E-state index in [4.69, 9.17) is 4.74 Å². The van der Waals surface area contributed by atoms with Crippen LogP contribution in [0.5, 0.6) is 0 Å². The first-order valence-electron chi connectivity index (χ1n) is 4.38. The third-order valence-corrected chi connectivity index (χ3v) is 4.05. The number of alkyl halides is 1. The van der Waals surface area contributed by atoms with Crippen molar-refractivity contribution >= 4 is 37.6 Å². The maximum atomic E-state index is 11.7. The maximum Gasteiger partial charge on any atom is 0.179 e. The second-order valence-corrected chi connectivity index (χ2v) is 5.67. The zero-order chi connectivity index (χ0) is 9.42. The molecule has 2 nitrogen and oxygen atoms in total. The summed E-state index contributed by atoms with van der Waals surface area (Å²) >= 11 is 6.76. The Balaban J connectivity index is 2.17. The van der Waals surface area contributed by atoms with Crippen molar-refractivity contribution in [2.24, 2.45) is 5.92 Å². The molecule has 0 aromatic carbocycles. The number of hydrogen-bond acceptors (Lipinski definition) is 2. The van der Waals surface area contributed by atoms with Gasteiger partial charge in [-0.1, -0.05) is 15.9 Å². The van der Waals surface area contributed by atoms with Gasteiger partial charge in [0.05, 0.1) is 10.4 Å². The number of fused-ring (bicyclic) bond motifs is 1. The number of rotatable bonds is 0. The minimum atomic E-state index is 0.0532. The molecule has 0 N–H and O–H groups in total. The second kappa shape index (κ2) is 3.73. The summed E-state index contributed by atoms with van der Waals surface area (Å²) in [6, 6.07) is 0. The van der Waals surface area contributed by atoms with E-state index in [1.54, 1.807) is 0 Å². The second-order valence-electron chi connectivity index (χ2n) is 3.52. The van der Waals surface area contributed by atoms with Crippen LogP contribution in [0.3, 0.4) is 0 Å². The molecule has 0 amide bonds. The number of Topliss-reactive ketones (excluding diaryl/α,β-unsaturated/α-hetero) is 1. The summed E-state index contributed by atoms with van der Waals surface area (Å²) < 4.78 is 6.04. The summed E-state index contributed by atoms with van der Waals surface area (Å²) in [6.45, 7) is 0. The van der Waals surface area contributed by atoms with Gasteiger partial charge in [0.25, 0.3) is 0 Å². The number of allylic oxidation sites excluding steroid dienone is 1. The summed E-state index contributed by atoms with van der Waals surface area (Å²) in [5, 5.41) is 0. The van der Waals surface area contributed by atoms with Gasteiger partial charge >= 0.3 is 0 Å². The fourth-order valence-electron chi connectivity index (χ4n) is 1.91. The summed E-state index contributed by atoms with van der Waals surface area (Å²) in [5.41, 5.74) is 0. The third kappa shape index (κ3) is 1.84. The van der Waals surface area contributed by atoms with Crippen molar-refractivity contribution in [3.8, 4) is 0 Å². The molecular weight excluding hydrogens is 300 g/mol. The lowest BCUT2D eigenvalue weighted by molar-refractivity contribution is -0.125. The van der Waals surface area contributed by atoms with Gasteiger partial charge in [0.2, 0.25) is 0 Å². The van der Waals surface area contributed by atoms with E-state index in [1.807, 2.05) is 0 Å². The van der Waals surface area contributed by atoms with Crippen molar-refractivity contribution in [1.29, 1.82) is 0 Å². The Morgan fingerprint density at radius 1 is 1.46 bits per heavy atom. The molecule has 1 saturated carbocycles. The van der Waals surface area contributed by atoms with E-state index in [-0.39, 0.29) is 17.8 Å². The average Bonchev–Trinajstić information content (AvgIpc) is 2.12. The minimum absolute atomic E-state index is 0.0532. The predicted molar refractivity (Wildman–Crippen MR) is 56.9 cm³/mol. The molecule has 1 aliphatic carbocycles. The molecule has 0 aromatic heterocycles. The molecule has 3 atom stereocenters. The number of hydrogen-bond donors (Lipinski definition) is 0. The van der Waals surface area contributed by atoms with Crippen molar-refractivity contribution in [2.45, 2.75) is 30.2 Å². The molecule has 13 heavy (non-hydrogen) atoms. The molecule has 0 spiro atoms. The van der Waals surface area contributed by atoms with Crippen molar-refractivity contribution in [1.82, 2.24) is 0 Å². The van der Waals surface area contributed by atoms with Crippen LogP contribution in [0.1, 0.15) is 19.3 Å². The fraction of sp³-hybridized carbons (Fsp3) is 0.667. The predicted octanol–water partition coefficient (Wildman–Crippen LogP) is 2.75. The molecule has 1 heterocycles. The molecule has 0 saturated heterocycles. The van der Waals surface area contributed by atoms with Crippen LogP contribution in [0.4, 0.5) is 0 Å². The summed E-state index contributed by atoms with van der Waals surface area (Å²) in [5.74, 6) is 0.248. The first kappa shape index (κ1) is 9.71. The lowest BCUT2D eigenvalue weighted by Crippen LogP contribution is -2.38. The minimum Gasteiger partial charge on any atom is -0.496 e. The van der Waals surface area contributed by atoms with Gasteiger partial charge in [0.15, 0.2) is 5.78 Å². The van der Waals surface area contributed by atoms with Gasteiger partial charge in [-0.15, -0.1) is 0 Å². The van der Waals surface area contributed by atoms with E-state index in [0.29, 0.717) is 9.31 Å². The molecular formula is C9H10Br2O2. The summed E-state index contributed by atoms with van der Waals surface area (Å²) in [6.07, 6.45) is 4.62. The largest absolute Gasteiger partial charge is 0.496 e. The number of halogens is 2. The third-order valence-electron chi connectivity index (χ3n) is 2.64. The Labute approximate surface area is 94.0 Å². The first-order valence-corrected chi connectivity index (χ1v) is 6.09. The number of ketones is 1. The Bertz CT molecular complexity index is 262. The van der Waals surface area contributed by atoms with Gasteiger partial charge in [-0.2, -0.15) is 0 Å². The highest BCUT2D eigenvalue weighted by Gasteiger charge is 2.38. The quantitative estimate of drug-likeness (QED) is 0.643. The molecule has 2 aliphatic rings. The SMILES string of the molecule is O=C1C(Br)=COC2CCC(Br)CC12. The van der Waals surface area contributed by atoms with Crippen molar-refractivity contribution in [2.75, 3.05) is 0 Å². The normalized spacial score (nSPS) is 39.1. The van der Waals surface area contributed by atoms with E-state index >= 15 is 0 Å². The summed E-state index contributed by atoms with van der Waals surface area (Å²) in [7, 11) is 0. The maximum absolute atomic E-state index is 11.7. The fourth-order valence-corrected chi connectivity index (χ4v) is 2.98. The van der Waals surface area contributed by atoms with E-state index in [0.717, 1.165) is 19.3 Å². The monoisotopic (exact) mass is 308 g/mol. The van der Waals surface area contributed by atoms with Gasteiger partial charge in [-0.3, -0.25) is 4.79 Å². The first-order chi connectivity index (χ1) is 6.18. The van der Waals surface area contributed by atoms with Gasteiger partial charge in [-0.05, 0) is 35.2 Å². The van der Waals surface area contributed by atoms with E-state index in [2.05, 4.69) is 31.9 Å². The van der Waals surface area contributed by atoms with Crippen LogP contribution >= 0.6 is 31.9 Å². The zero-order valence-corrected chi connectivity index (χ0v) is 10.2. The van der Waals surface area contributed by atoms with Crippen LogP contribution in [-0.2, 0) is 9.53 Å².